The number of nitrogens with one attached hydrogen (secondary N) is 1. The number of imidazole rings is 1. The van der Waals surface area contributed by atoms with E-state index in [1.165, 1.54) is 6.07 Å². The molecule has 1 N–H and O–H groups in total. The number of H-pyrrole nitrogens is 1. The van der Waals surface area contributed by atoms with Gasteiger partial charge >= 0.3 is 11.9 Å². The normalized spacial score (nSPS) is 22.0. The molecule has 0 radical (unpaired) electrons. The van der Waals surface area contributed by atoms with E-state index in [4.69, 9.17) is 16.3 Å². The molecule has 1 aromatic carbocycles. The van der Waals surface area contributed by atoms with Gasteiger partial charge in [-0.05, 0) is 44.7 Å². The Kier molecular flexibility index (Phi) is 5.00. The van der Waals surface area contributed by atoms with Gasteiger partial charge in [0.25, 0.3) is 0 Å². The third-order valence-electron chi connectivity index (χ3n) is 6.27. The molecule has 2 aliphatic heterocycles. The summed E-state index contributed by atoms with van der Waals surface area (Å²) in [4.78, 5) is 17.5. The van der Waals surface area contributed by atoms with Crippen LogP contribution in [0.25, 0.3) is 11.0 Å². The van der Waals surface area contributed by atoms with E-state index in [0.29, 0.717) is 5.52 Å². The van der Waals surface area contributed by atoms with E-state index in [-0.39, 0.29) is 27.8 Å². The average Bonchev–Trinajstić information content (AvgIpc) is 2.96. The van der Waals surface area contributed by atoms with Gasteiger partial charge in [0.05, 0.1) is 21.6 Å². The number of aromatic nitrogens is 2. The Morgan fingerprint density at radius 1 is 1.21 bits per heavy atom. The van der Waals surface area contributed by atoms with Gasteiger partial charge in [-0.1, -0.05) is 11.6 Å². The van der Waals surface area contributed by atoms with E-state index in [0.717, 1.165) is 58.1 Å². The van der Waals surface area contributed by atoms with Crippen molar-refractivity contribution >= 4 is 22.6 Å². The molecule has 0 bridgehead atoms. The smallest absolute Gasteiger partial charge is 0.381 e. The van der Waals surface area contributed by atoms with Crippen LogP contribution in [0.4, 0.5) is 13.2 Å². The summed E-state index contributed by atoms with van der Waals surface area (Å²) in [6, 6.07) is 2.12. The number of rotatable bonds is 2. The second kappa shape index (κ2) is 7.07. The van der Waals surface area contributed by atoms with Gasteiger partial charge in [0.2, 0.25) is 0 Å². The minimum absolute atomic E-state index is 0.0613. The number of alkyl halides is 3. The maximum atomic E-state index is 13.1. The van der Waals surface area contributed by atoms with Crippen LogP contribution in [0.15, 0.2) is 16.9 Å². The Balaban J connectivity index is 1.59. The summed E-state index contributed by atoms with van der Waals surface area (Å²) in [6.07, 6.45) is -1.06. The molecule has 9 heteroatoms. The Hall–Kier alpha value is -1.51. The second-order valence-corrected chi connectivity index (χ2v) is 8.38. The number of likely N-dealkylation sites (tertiary alicyclic amines) is 1. The second-order valence-electron chi connectivity index (χ2n) is 7.97. The van der Waals surface area contributed by atoms with Crippen LogP contribution in [0.5, 0.6) is 0 Å². The summed E-state index contributed by atoms with van der Waals surface area (Å²) in [7, 11) is 0. The molecule has 0 saturated carbocycles. The largest absolute Gasteiger partial charge is 0.417 e. The Labute approximate surface area is 165 Å². The summed E-state index contributed by atoms with van der Waals surface area (Å²) in [5, 5.41) is -0.389. The third-order valence-corrected chi connectivity index (χ3v) is 6.59. The highest BCUT2D eigenvalue weighted by Gasteiger charge is 2.37. The Bertz CT molecular complexity index is 923. The molecule has 4 rings (SSSR count). The van der Waals surface area contributed by atoms with Crippen molar-refractivity contribution in [1.29, 1.82) is 0 Å². The monoisotopic (exact) mass is 417 g/mol. The van der Waals surface area contributed by atoms with Crippen LogP contribution in [0.1, 0.15) is 44.2 Å². The molecule has 2 aliphatic rings. The van der Waals surface area contributed by atoms with Crippen LogP contribution in [0.2, 0.25) is 5.02 Å². The Morgan fingerprint density at radius 2 is 1.86 bits per heavy atom. The lowest BCUT2D eigenvalue weighted by Crippen LogP contribution is -2.53. The first-order chi connectivity index (χ1) is 13.2. The summed E-state index contributed by atoms with van der Waals surface area (Å²) < 4.78 is 46.3. The fourth-order valence-corrected chi connectivity index (χ4v) is 4.78. The lowest BCUT2D eigenvalue weighted by atomic mass is 9.87. The van der Waals surface area contributed by atoms with Crippen molar-refractivity contribution in [2.75, 3.05) is 26.3 Å². The zero-order valence-electron chi connectivity index (χ0n) is 15.6. The van der Waals surface area contributed by atoms with Gasteiger partial charge in [-0.15, -0.1) is 0 Å². The standard InChI is InChI=1S/C19H23ClF3N3O2/c1-18(4-8-28-9-5-18)25-6-2-12(3-7-25)26-16-11-14(20)13(19(21,22)23)10-15(16)24-17(26)27/h10-12H,2-9H2,1H3,(H,24,27). The van der Waals surface area contributed by atoms with Crippen molar-refractivity contribution in [2.24, 2.45) is 0 Å². The number of hydrogen-bond acceptors (Lipinski definition) is 3. The zero-order valence-corrected chi connectivity index (χ0v) is 16.4. The van der Waals surface area contributed by atoms with Crippen LogP contribution < -0.4 is 5.69 Å². The highest BCUT2D eigenvalue weighted by molar-refractivity contribution is 6.32. The minimum atomic E-state index is -4.56. The van der Waals surface area contributed by atoms with Crippen molar-refractivity contribution in [3.8, 4) is 0 Å². The first-order valence-corrected chi connectivity index (χ1v) is 9.91. The highest BCUT2D eigenvalue weighted by atomic mass is 35.5. The summed E-state index contributed by atoms with van der Waals surface area (Å²) in [5.41, 5.74) is -0.614. The maximum Gasteiger partial charge on any atom is 0.417 e. The quantitative estimate of drug-likeness (QED) is 0.796. The van der Waals surface area contributed by atoms with E-state index >= 15 is 0 Å². The van der Waals surface area contributed by atoms with E-state index in [1.807, 2.05) is 0 Å². The van der Waals surface area contributed by atoms with E-state index in [1.54, 1.807) is 4.57 Å². The first kappa shape index (κ1) is 19.8. The fraction of sp³-hybridized carbons (Fsp3) is 0.632. The average molecular weight is 418 g/mol. The van der Waals surface area contributed by atoms with Gasteiger partial charge < -0.3 is 9.72 Å². The number of hydrogen-bond donors (Lipinski definition) is 1. The van der Waals surface area contributed by atoms with Crippen molar-refractivity contribution in [1.82, 2.24) is 14.5 Å². The molecule has 2 saturated heterocycles. The van der Waals surface area contributed by atoms with Crippen molar-refractivity contribution in [3.05, 3.63) is 33.2 Å². The summed E-state index contributed by atoms with van der Waals surface area (Å²) in [5.74, 6) is 0. The minimum Gasteiger partial charge on any atom is -0.381 e. The molecular formula is C19H23ClF3N3O2. The predicted molar refractivity (Wildman–Crippen MR) is 101 cm³/mol. The fourth-order valence-electron chi connectivity index (χ4n) is 4.52. The molecule has 1 aromatic heterocycles. The molecule has 0 aliphatic carbocycles. The van der Waals surface area contributed by atoms with Gasteiger partial charge in [0.15, 0.2) is 0 Å². The van der Waals surface area contributed by atoms with Gasteiger partial charge in [-0.2, -0.15) is 13.2 Å². The molecule has 0 spiro atoms. The number of halogens is 4. The molecule has 2 fully saturated rings. The molecule has 2 aromatic rings. The topological polar surface area (TPSA) is 50.3 Å². The highest BCUT2D eigenvalue weighted by Crippen LogP contribution is 2.38. The van der Waals surface area contributed by atoms with Crippen molar-refractivity contribution in [2.45, 2.75) is 50.4 Å². The van der Waals surface area contributed by atoms with Crippen LogP contribution in [0, 0.1) is 0 Å². The molecule has 28 heavy (non-hydrogen) atoms. The lowest BCUT2D eigenvalue weighted by Gasteiger charge is -2.47. The number of nitrogens with zero attached hydrogens (tertiary/aromatic N) is 2. The predicted octanol–water partition coefficient (Wildman–Crippen LogP) is 4.21. The van der Waals surface area contributed by atoms with Crippen LogP contribution in [-0.4, -0.2) is 46.3 Å². The Morgan fingerprint density at radius 3 is 2.46 bits per heavy atom. The van der Waals surface area contributed by atoms with E-state index < -0.39 is 11.7 Å². The molecular weight excluding hydrogens is 395 g/mol. The van der Waals surface area contributed by atoms with Gasteiger partial charge in [-0.3, -0.25) is 9.47 Å². The molecule has 3 heterocycles. The van der Waals surface area contributed by atoms with Crippen LogP contribution in [-0.2, 0) is 10.9 Å². The van der Waals surface area contributed by atoms with Crippen LogP contribution >= 0.6 is 11.6 Å². The number of fused-ring (bicyclic) bond motifs is 1. The van der Waals surface area contributed by atoms with Gasteiger partial charge in [0.1, 0.15) is 0 Å². The summed E-state index contributed by atoms with van der Waals surface area (Å²) in [6.45, 7) is 5.46. The molecule has 5 nitrogen and oxygen atoms in total. The van der Waals surface area contributed by atoms with Gasteiger partial charge in [0, 0.05) is 37.9 Å². The number of aromatic amines is 1. The number of benzene rings is 1. The molecule has 0 unspecified atom stereocenters. The molecule has 0 atom stereocenters. The van der Waals surface area contributed by atoms with E-state index in [9.17, 15) is 18.0 Å². The first-order valence-electron chi connectivity index (χ1n) is 9.53. The molecule has 154 valence electrons. The van der Waals surface area contributed by atoms with Crippen molar-refractivity contribution in [3.63, 3.8) is 0 Å². The number of piperidine rings is 1. The SMILES string of the molecule is CC1(N2CCC(n3c(=O)[nH]c4cc(C(F)(F)F)c(Cl)cc43)CC2)CCOCC1. The zero-order chi connectivity index (χ0) is 20.1. The van der Waals surface area contributed by atoms with Crippen molar-refractivity contribution < 1.29 is 17.9 Å². The maximum absolute atomic E-state index is 13.1. The van der Waals surface area contributed by atoms with Gasteiger partial charge in [-0.25, -0.2) is 4.79 Å². The summed E-state index contributed by atoms with van der Waals surface area (Å²) >= 11 is 5.88. The molecule has 0 amide bonds. The van der Waals surface area contributed by atoms with Crippen LogP contribution in [0.3, 0.4) is 0 Å². The lowest BCUT2D eigenvalue weighted by molar-refractivity contribution is -0.137. The number of ether oxygens (including phenoxy) is 1. The van der Waals surface area contributed by atoms with E-state index in [2.05, 4.69) is 16.8 Å². The third kappa shape index (κ3) is 3.46.